The molecule has 18 heavy (non-hydrogen) atoms. The standard InChI is InChI=1S/C13H19FN2O2/c1-9(2)8-18-6-5-13(17)16-12-7-10(15)3-4-11(12)14/h3-4,7,9H,5-6,8,15H2,1-2H3,(H,16,17). The van der Waals surface area contributed by atoms with Crippen molar-refractivity contribution >= 4 is 17.3 Å². The van der Waals surface area contributed by atoms with Gasteiger partial charge in [-0.05, 0) is 24.1 Å². The van der Waals surface area contributed by atoms with Crippen LogP contribution in [0.25, 0.3) is 0 Å². The predicted octanol–water partition coefficient (Wildman–Crippen LogP) is 2.41. The van der Waals surface area contributed by atoms with Gasteiger partial charge in [-0.2, -0.15) is 0 Å². The number of hydrogen-bond acceptors (Lipinski definition) is 3. The minimum absolute atomic E-state index is 0.101. The van der Waals surface area contributed by atoms with Gasteiger partial charge in [-0.3, -0.25) is 4.79 Å². The van der Waals surface area contributed by atoms with Gasteiger partial charge in [0.25, 0.3) is 0 Å². The molecule has 1 aromatic carbocycles. The molecule has 0 heterocycles. The van der Waals surface area contributed by atoms with Crippen LogP contribution in [0.4, 0.5) is 15.8 Å². The number of anilines is 2. The highest BCUT2D eigenvalue weighted by Gasteiger charge is 2.07. The molecule has 1 rings (SSSR count). The molecule has 0 saturated carbocycles. The summed E-state index contributed by atoms with van der Waals surface area (Å²) in [5.74, 6) is -0.358. The van der Waals surface area contributed by atoms with E-state index >= 15 is 0 Å². The fraction of sp³-hybridized carbons (Fsp3) is 0.462. The normalized spacial score (nSPS) is 10.7. The molecule has 1 aromatic rings. The van der Waals surface area contributed by atoms with Gasteiger partial charge >= 0.3 is 0 Å². The molecule has 0 aromatic heterocycles. The lowest BCUT2D eigenvalue weighted by Gasteiger charge is -2.08. The highest BCUT2D eigenvalue weighted by Crippen LogP contribution is 2.17. The second kappa shape index (κ2) is 6.96. The predicted molar refractivity (Wildman–Crippen MR) is 69.7 cm³/mol. The maximum absolute atomic E-state index is 13.3. The van der Waals surface area contributed by atoms with Gasteiger partial charge in [0.1, 0.15) is 5.82 Å². The van der Waals surface area contributed by atoms with E-state index in [1.165, 1.54) is 18.2 Å². The molecule has 4 nitrogen and oxygen atoms in total. The molecule has 0 saturated heterocycles. The molecule has 3 N–H and O–H groups in total. The number of nitrogens with two attached hydrogens (primary N) is 1. The molecule has 0 aliphatic heterocycles. The molecule has 5 heteroatoms. The third kappa shape index (κ3) is 5.14. The highest BCUT2D eigenvalue weighted by atomic mass is 19.1. The summed E-state index contributed by atoms with van der Waals surface area (Å²) in [6.45, 7) is 5.00. The number of nitrogens with one attached hydrogen (secondary N) is 1. The van der Waals surface area contributed by atoms with Gasteiger partial charge in [0.05, 0.1) is 18.7 Å². The van der Waals surface area contributed by atoms with Crippen molar-refractivity contribution in [1.29, 1.82) is 0 Å². The van der Waals surface area contributed by atoms with Crippen molar-refractivity contribution < 1.29 is 13.9 Å². The molecule has 0 spiro atoms. The molecule has 100 valence electrons. The molecular formula is C13H19FN2O2. The van der Waals surface area contributed by atoms with Crippen LogP contribution in [0.15, 0.2) is 18.2 Å². The maximum Gasteiger partial charge on any atom is 0.226 e. The number of rotatable bonds is 6. The zero-order valence-corrected chi connectivity index (χ0v) is 10.7. The first-order chi connectivity index (χ1) is 8.49. The molecule has 0 fully saturated rings. The number of amides is 1. The lowest BCUT2D eigenvalue weighted by atomic mass is 10.2. The summed E-state index contributed by atoms with van der Waals surface area (Å²) >= 11 is 0. The van der Waals surface area contributed by atoms with E-state index in [2.05, 4.69) is 5.32 Å². The van der Waals surface area contributed by atoms with E-state index in [9.17, 15) is 9.18 Å². The third-order valence-corrected chi connectivity index (χ3v) is 2.19. The Bertz CT molecular complexity index is 408. The Kier molecular flexibility index (Phi) is 5.58. The Morgan fingerprint density at radius 3 is 2.89 bits per heavy atom. The summed E-state index contributed by atoms with van der Waals surface area (Å²) in [7, 11) is 0. The summed E-state index contributed by atoms with van der Waals surface area (Å²) in [5.41, 5.74) is 6.02. The second-order valence-corrected chi connectivity index (χ2v) is 4.51. The van der Waals surface area contributed by atoms with Gasteiger partial charge in [0.2, 0.25) is 5.91 Å². The summed E-state index contributed by atoms with van der Waals surface area (Å²) in [4.78, 5) is 11.5. The number of carbonyl (C=O) groups is 1. The number of hydrogen-bond donors (Lipinski definition) is 2. The van der Waals surface area contributed by atoms with Crippen molar-refractivity contribution in [3.8, 4) is 0 Å². The van der Waals surface area contributed by atoms with Crippen molar-refractivity contribution in [3.63, 3.8) is 0 Å². The van der Waals surface area contributed by atoms with Gasteiger partial charge < -0.3 is 15.8 Å². The van der Waals surface area contributed by atoms with Crippen molar-refractivity contribution in [2.24, 2.45) is 5.92 Å². The SMILES string of the molecule is CC(C)COCCC(=O)Nc1cc(N)ccc1F. The van der Waals surface area contributed by atoms with Crippen LogP contribution in [-0.2, 0) is 9.53 Å². The van der Waals surface area contributed by atoms with Gasteiger partial charge in [-0.1, -0.05) is 13.8 Å². The minimum atomic E-state index is -0.499. The zero-order chi connectivity index (χ0) is 13.5. The summed E-state index contributed by atoms with van der Waals surface area (Å²) in [5, 5.41) is 2.47. The molecule has 0 unspecified atom stereocenters. The van der Waals surface area contributed by atoms with Crippen LogP contribution >= 0.6 is 0 Å². The average Bonchev–Trinajstić information content (AvgIpc) is 2.29. The molecule has 0 radical (unpaired) electrons. The van der Waals surface area contributed by atoms with Crippen molar-refractivity contribution in [1.82, 2.24) is 0 Å². The Morgan fingerprint density at radius 1 is 1.50 bits per heavy atom. The van der Waals surface area contributed by atoms with Gasteiger partial charge in [0, 0.05) is 12.3 Å². The Morgan fingerprint density at radius 2 is 2.22 bits per heavy atom. The molecule has 1 amide bonds. The first kappa shape index (κ1) is 14.4. The molecule has 0 aliphatic carbocycles. The largest absolute Gasteiger partial charge is 0.399 e. The second-order valence-electron chi connectivity index (χ2n) is 4.51. The minimum Gasteiger partial charge on any atom is -0.399 e. The Balaban J connectivity index is 2.38. The first-order valence-corrected chi connectivity index (χ1v) is 5.91. The van der Waals surface area contributed by atoms with E-state index in [4.69, 9.17) is 10.5 Å². The Hall–Kier alpha value is -1.62. The summed E-state index contributed by atoms with van der Waals surface area (Å²) in [6, 6.07) is 4.05. The molecule has 0 bridgehead atoms. The van der Waals surface area contributed by atoms with E-state index in [-0.39, 0.29) is 18.0 Å². The van der Waals surface area contributed by atoms with Crippen LogP contribution in [0, 0.1) is 11.7 Å². The highest BCUT2D eigenvalue weighted by molar-refractivity contribution is 5.91. The van der Waals surface area contributed by atoms with Crippen molar-refractivity contribution in [2.45, 2.75) is 20.3 Å². The molecule has 0 aliphatic rings. The van der Waals surface area contributed by atoms with Crippen LogP contribution in [0.3, 0.4) is 0 Å². The van der Waals surface area contributed by atoms with E-state index in [1.807, 2.05) is 13.8 Å². The molecule has 0 atom stereocenters. The Labute approximate surface area is 106 Å². The van der Waals surface area contributed by atoms with Gasteiger partial charge in [-0.25, -0.2) is 4.39 Å². The summed E-state index contributed by atoms with van der Waals surface area (Å²) in [6.07, 6.45) is 0.195. The first-order valence-electron chi connectivity index (χ1n) is 5.91. The fourth-order valence-corrected chi connectivity index (χ4v) is 1.34. The van der Waals surface area contributed by atoms with Gasteiger partial charge in [0.15, 0.2) is 0 Å². The van der Waals surface area contributed by atoms with E-state index < -0.39 is 5.82 Å². The topological polar surface area (TPSA) is 64.3 Å². The number of nitrogen functional groups attached to an aromatic ring is 1. The van der Waals surface area contributed by atoms with Crippen molar-refractivity contribution in [2.75, 3.05) is 24.3 Å². The fourth-order valence-electron chi connectivity index (χ4n) is 1.34. The zero-order valence-electron chi connectivity index (χ0n) is 10.7. The van der Waals surface area contributed by atoms with Crippen LogP contribution < -0.4 is 11.1 Å². The van der Waals surface area contributed by atoms with Crippen LogP contribution in [-0.4, -0.2) is 19.1 Å². The monoisotopic (exact) mass is 254 g/mol. The number of carbonyl (C=O) groups excluding carboxylic acids is 1. The van der Waals surface area contributed by atoms with E-state index in [0.29, 0.717) is 24.8 Å². The quantitative estimate of drug-likeness (QED) is 0.605. The number of halogens is 1. The van der Waals surface area contributed by atoms with E-state index in [1.54, 1.807) is 0 Å². The third-order valence-electron chi connectivity index (χ3n) is 2.19. The van der Waals surface area contributed by atoms with Crippen LogP contribution in [0.1, 0.15) is 20.3 Å². The van der Waals surface area contributed by atoms with Crippen molar-refractivity contribution in [3.05, 3.63) is 24.0 Å². The smallest absolute Gasteiger partial charge is 0.226 e. The van der Waals surface area contributed by atoms with Crippen LogP contribution in [0.2, 0.25) is 0 Å². The van der Waals surface area contributed by atoms with Gasteiger partial charge in [-0.15, -0.1) is 0 Å². The number of benzene rings is 1. The van der Waals surface area contributed by atoms with E-state index in [0.717, 1.165) is 0 Å². The molecular weight excluding hydrogens is 235 g/mol. The summed E-state index contributed by atoms with van der Waals surface area (Å²) < 4.78 is 18.6. The number of ether oxygens (including phenoxy) is 1. The lowest BCUT2D eigenvalue weighted by Crippen LogP contribution is -2.16. The average molecular weight is 254 g/mol. The maximum atomic E-state index is 13.3. The van der Waals surface area contributed by atoms with Crippen LogP contribution in [0.5, 0.6) is 0 Å². The lowest BCUT2D eigenvalue weighted by molar-refractivity contribution is -0.117.